The summed E-state index contributed by atoms with van der Waals surface area (Å²) >= 11 is 3.44. The minimum atomic E-state index is -0.439. The number of para-hydroxylation sites is 1. The normalized spacial score (nSPS) is 10.5. The van der Waals surface area contributed by atoms with Crippen LogP contribution < -0.4 is 4.74 Å². The molecule has 0 spiro atoms. The van der Waals surface area contributed by atoms with Gasteiger partial charge in [-0.3, -0.25) is 9.59 Å². The third-order valence-corrected chi connectivity index (χ3v) is 4.50. The molecule has 0 aliphatic heterocycles. The topological polar surface area (TPSA) is 55.8 Å². The van der Waals surface area contributed by atoms with Crippen LogP contribution in [0.1, 0.15) is 29.8 Å². The molecular formula is C20H22BrNO4. The molecule has 0 radical (unpaired) electrons. The summed E-state index contributed by atoms with van der Waals surface area (Å²) < 4.78 is 11.3. The maximum Gasteiger partial charge on any atom is 0.325 e. The molecule has 0 aromatic heterocycles. The summed E-state index contributed by atoms with van der Waals surface area (Å²) in [5.74, 6) is 0.117. The number of carbonyl (C=O) groups is 2. The van der Waals surface area contributed by atoms with Gasteiger partial charge < -0.3 is 14.4 Å². The largest absolute Gasteiger partial charge is 0.488 e. The Kier molecular flexibility index (Phi) is 7.21. The number of hydrogen-bond donors (Lipinski definition) is 0. The first kappa shape index (κ1) is 20.0. The number of carbonyl (C=O) groups excluding carboxylic acids is 2. The highest BCUT2D eigenvalue weighted by Crippen LogP contribution is 2.24. The summed E-state index contributed by atoms with van der Waals surface area (Å²) in [6.45, 7) is 4.05. The maximum absolute atomic E-state index is 12.7. The van der Waals surface area contributed by atoms with Crippen LogP contribution in [0.4, 0.5) is 0 Å². The molecule has 5 nitrogen and oxygen atoms in total. The molecular weight excluding hydrogens is 398 g/mol. The van der Waals surface area contributed by atoms with Crippen LogP contribution in [0, 0.1) is 0 Å². The fourth-order valence-electron chi connectivity index (χ4n) is 2.32. The van der Waals surface area contributed by atoms with Crippen molar-refractivity contribution in [1.29, 1.82) is 0 Å². The lowest BCUT2D eigenvalue weighted by atomic mass is 10.1. The van der Waals surface area contributed by atoms with E-state index in [1.165, 1.54) is 12.0 Å². The van der Waals surface area contributed by atoms with Crippen LogP contribution in [0.15, 0.2) is 53.0 Å². The van der Waals surface area contributed by atoms with Gasteiger partial charge in [-0.1, -0.05) is 24.3 Å². The highest BCUT2D eigenvalue weighted by Gasteiger charge is 2.21. The van der Waals surface area contributed by atoms with E-state index in [-0.39, 0.29) is 18.5 Å². The summed E-state index contributed by atoms with van der Waals surface area (Å²) in [5.41, 5.74) is 1.47. The van der Waals surface area contributed by atoms with Crippen LogP contribution >= 0.6 is 15.9 Å². The van der Waals surface area contributed by atoms with Gasteiger partial charge in [-0.2, -0.15) is 0 Å². The zero-order chi connectivity index (χ0) is 19.1. The maximum atomic E-state index is 12.7. The Morgan fingerprint density at radius 1 is 1.08 bits per heavy atom. The molecule has 0 heterocycles. The van der Waals surface area contributed by atoms with Crippen LogP contribution in [-0.4, -0.2) is 36.5 Å². The lowest BCUT2D eigenvalue weighted by molar-refractivity contribution is -0.141. The summed E-state index contributed by atoms with van der Waals surface area (Å²) in [5, 5.41) is 0. The van der Waals surface area contributed by atoms with E-state index in [1.807, 2.05) is 50.2 Å². The average Bonchev–Trinajstić information content (AvgIpc) is 2.65. The van der Waals surface area contributed by atoms with E-state index in [1.54, 1.807) is 12.1 Å². The number of rotatable bonds is 7. The van der Waals surface area contributed by atoms with E-state index < -0.39 is 5.97 Å². The first-order valence-corrected chi connectivity index (χ1v) is 9.05. The van der Waals surface area contributed by atoms with Gasteiger partial charge >= 0.3 is 5.97 Å². The molecule has 0 N–H and O–H groups in total. The molecule has 26 heavy (non-hydrogen) atoms. The van der Waals surface area contributed by atoms with E-state index in [0.717, 1.165) is 15.8 Å². The highest BCUT2D eigenvalue weighted by atomic mass is 79.9. The van der Waals surface area contributed by atoms with Gasteiger partial charge in [0.25, 0.3) is 5.91 Å². The third kappa shape index (κ3) is 5.33. The van der Waals surface area contributed by atoms with Gasteiger partial charge in [0.1, 0.15) is 18.9 Å². The smallest absolute Gasteiger partial charge is 0.325 e. The predicted molar refractivity (Wildman–Crippen MR) is 103 cm³/mol. The molecule has 0 saturated heterocycles. The molecule has 0 unspecified atom stereocenters. The quantitative estimate of drug-likeness (QED) is 0.635. The second-order valence-corrected chi connectivity index (χ2v) is 6.87. The molecule has 2 aromatic carbocycles. The van der Waals surface area contributed by atoms with Gasteiger partial charge in [0, 0.05) is 11.6 Å². The fraction of sp³-hybridized carbons (Fsp3) is 0.300. The molecule has 0 bridgehead atoms. The summed E-state index contributed by atoms with van der Waals surface area (Å²) in [6.07, 6.45) is 0. The molecule has 1 amide bonds. The molecule has 0 aliphatic carbocycles. The molecule has 6 heteroatoms. The lowest BCUT2D eigenvalue weighted by Gasteiger charge is -2.25. The van der Waals surface area contributed by atoms with Crippen LogP contribution in [0.25, 0.3) is 0 Å². The number of amides is 1. The third-order valence-electron chi connectivity index (χ3n) is 3.84. The zero-order valence-electron chi connectivity index (χ0n) is 15.1. The van der Waals surface area contributed by atoms with Crippen molar-refractivity contribution in [3.05, 3.63) is 64.1 Å². The van der Waals surface area contributed by atoms with Crippen molar-refractivity contribution in [2.24, 2.45) is 0 Å². The van der Waals surface area contributed by atoms with Crippen LogP contribution in [0.2, 0.25) is 0 Å². The van der Waals surface area contributed by atoms with E-state index in [0.29, 0.717) is 12.2 Å². The Labute approximate surface area is 162 Å². The number of hydrogen-bond acceptors (Lipinski definition) is 4. The molecule has 0 aliphatic rings. The van der Waals surface area contributed by atoms with E-state index >= 15 is 0 Å². The van der Waals surface area contributed by atoms with Crippen LogP contribution in [-0.2, 0) is 16.1 Å². The summed E-state index contributed by atoms with van der Waals surface area (Å²) in [6, 6.07) is 14.7. The molecule has 2 aromatic rings. The highest BCUT2D eigenvalue weighted by molar-refractivity contribution is 9.10. The number of ether oxygens (including phenoxy) is 2. The van der Waals surface area contributed by atoms with Gasteiger partial charge in [0.15, 0.2) is 0 Å². The molecule has 0 fully saturated rings. The van der Waals surface area contributed by atoms with Gasteiger partial charge in [0.2, 0.25) is 0 Å². The van der Waals surface area contributed by atoms with Crippen molar-refractivity contribution >= 4 is 27.8 Å². The fourth-order valence-corrected chi connectivity index (χ4v) is 2.72. The Morgan fingerprint density at radius 3 is 2.31 bits per heavy atom. The Balaban J connectivity index is 2.04. The summed E-state index contributed by atoms with van der Waals surface area (Å²) in [7, 11) is 1.31. The Hall–Kier alpha value is -2.34. The Bertz CT molecular complexity index is 759. The molecule has 2 rings (SSSR count). The molecule has 0 atom stereocenters. The zero-order valence-corrected chi connectivity index (χ0v) is 16.7. The molecule has 0 saturated carbocycles. The first-order chi connectivity index (χ1) is 12.4. The second-order valence-electron chi connectivity index (χ2n) is 6.02. The lowest BCUT2D eigenvalue weighted by Crippen LogP contribution is -2.41. The van der Waals surface area contributed by atoms with E-state index in [9.17, 15) is 9.59 Å². The van der Waals surface area contributed by atoms with Crippen molar-refractivity contribution in [3.8, 4) is 5.75 Å². The van der Waals surface area contributed by atoms with E-state index in [4.69, 9.17) is 4.74 Å². The first-order valence-electron chi connectivity index (χ1n) is 8.26. The number of nitrogens with zero attached hydrogens (tertiary/aromatic N) is 1. The number of methoxy groups -OCH3 is 1. The van der Waals surface area contributed by atoms with Crippen LogP contribution in [0.5, 0.6) is 5.75 Å². The van der Waals surface area contributed by atoms with Gasteiger partial charge in [-0.25, -0.2) is 0 Å². The number of esters is 1. The average molecular weight is 420 g/mol. The Morgan fingerprint density at radius 2 is 1.73 bits per heavy atom. The minimum absolute atomic E-state index is 0.0695. The van der Waals surface area contributed by atoms with Crippen molar-refractivity contribution < 1.29 is 19.1 Å². The van der Waals surface area contributed by atoms with Crippen LogP contribution in [0.3, 0.4) is 0 Å². The van der Waals surface area contributed by atoms with Crippen molar-refractivity contribution in [2.45, 2.75) is 26.5 Å². The van der Waals surface area contributed by atoms with Gasteiger partial charge in [0.05, 0.1) is 11.6 Å². The second kappa shape index (κ2) is 9.38. The van der Waals surface area contributed by atoms with Gasteiger partial charge in [-0.15, -0.1) is 0 Å². The van der Waals surface area contributed by atoms with Crippen molar-refractivity contribution in [3.63, 3.8) is 0 Å². The van der Waals surface area contributed by atoms with Crippen molar-refractivity contribution in [1.82, 2.24) is 4.90 Å². The summed E-state index contributed by atoms with van der Waals surface area (Å²) in [4.78, 5) is 25.7. The standard InChI is InChI=1S/C20H22BrNO4/c1-14(2)22(12-19(23)25-3)20(24)16-10-8-15(9-11-16)13-26-18-7-5-4-6-17(18)21/h4-11,14H,12-13H2,1-3H3. The number of benzene rings is 2. The van der Waals surface area contributed by atoms with E-state index in [2.05, 4.69) is 20.7 Å². The van der Waals surface area contributed by atoms with Crippen molar-refractivity contribution in [2.75, 3.05) is 13.7 Å². The predicted octanol–water partition coefficient (Wildman–Crippen LogP) is 4.05. The minimum Gasteiger partial charge on any atom is -0.488 e. The van der Waals surface area contributed by atoms with Gasteiger partial charge in [-0.05, 0) is 59.6 Å². The SMILES string of the molecule is COC(=O)CN(C(=O)c1ccc(COc2ccccc2Br)cc1)C(C)C. The number of halogens is 1. The molecule has 138 valence electrons. The monoisotopic (exact) mass is 419 g/mol.